The lowest BCUT2D eigenvalue weighted by Gasteiger charge is -2.20. The summed E-state index contributed by atoms with van der Waals surface area (Å²) in [7, 11) is 0. The van der Waals surface area contributed by atoms with Gasteiger partial charge < -0.3 is 10.1 Å². The number of hydrogen-bond acceptors (Lipinski definition) is 3. The molecule has 1 aliphatic rings. The van der Waals surface area contributed by atoms with E-state index in [9.17, 15) is 4.79 Å². The Morgan fingerprint density at radius 2 is 2.00 bits per heavy atom. The van der Waals surface area contributed by atoms with Crippen molar-refractivity contribution < 1.29 is 9.53 Å². The number of allylic oxidation sites excluding steroid dienone is 2. The van der Waals surface area contributed by atoms with Crippen LogP contribution in [0.25, 0.3) is 0 Å². The second kappa shape index (κ2) is 7.85. The van der Waals surface area contributed by atoms with E-state index < -0.39 is 0 Å². The Morgan fingerprint density at radius 1 is 1.20 bits per heavy atom. The summed E-state index contributed by atoms with van der Waals surface area (Å²) in [4.78, 5) is 11.9. The molecule has 1 aromatic rings. The van der Waals surface area contributed by atoms with Crippen LogP contribution in [-0.4, -0.2) is 19.1 Å². The first-order valence-corrected chi connectivity index (χ1v) is 7.37. The molecule has 0 aliphatic carbocycles. The van der Waals surface area contributed by atoms with E-state index in [1.807, 2.05) is 25.1 Å². The minimum atomic E-state index is -0.113. The van der Waals surface area contributed by atoms with Crippen LogP contribution in [0, 0.1) is 5.92 Å². The van der Waals surface area contributed by atoms with Crippen molar-refractivity contribution >= 4 is 5.97 Å². The molecule has 1 N–H and O–H groups in total. The van der Waals surface area contributed by atoms with Crippen LogP contribution in [0.2, 0.25) is 0 Å². The van der Waals surface area contributed by atoms with Crippen LogP contribution in [0.15, 0.2) is 42.5 Å². The van der Waals surface area contributed by atoms with Gasteiger partial charge in [0.15, 0.2) is 0 Å². The van der Waals surface area contributed by atoms with Crippen LogP contribution >= 0.6 is 0 Å². The van der Waals surface area contributed by atoms with E-state index in [1.165, 1.54) is 5.56 Å². The normalized spacial score (nSPS) is 25.4. The summed E-state index contributed by atoms with van der Waals surface area (Å²) < 4.78 is 5.46. The number of nitrogens with one attached hydrogen (secondary N) is 1. The number of carbonyl (C=O) groups excluding carboxylic acids is 1. The Labute approximate surface area is 121 Å². The number of cyclic esters (lactones) is 1. The number of esters is 1. The highest BCUT2D eigenvalue weighted by Gasteiger charge is 2.17. The Kier molecular flexibility index (Phi) is 5.81. The first-order valence-electron chi connectivity index (χ1n) is 7.37. The molecule has 1 aromatic carbocycles. The fraction of sp³-hybridized carbons (Fsp3) is 0.471. The van der Waals surface area contributed by atoms with Crippen LogP contribution in [0.3, 0.4) is 0 Å². The average molecular weight is 273 g/mol. The molecular formula is C17H23NO2. The molecule has 0 unspecified atom stereocenters. The van der Waals surface area contributed by atoms with Crippen LogP contribution < -0.4 is 5.32 Å². The maximum Gasteiger partial charge on any atom is 0.309 e. The molecule has 0 amide bonds. The van der Waals surface area contributed by atoms with Crippen molar-refractivity contribution in [3.05, 3.63) is 48.0 Å². The SMILES string of the molecule is C[C@H]1CC=CCCCN[C@H](c2ccccc2)COC1=O. The van der Waals surface area contributed by atoms with Crippen LogP contribution in [0.1, 0.15) is 37.8 Å². The quantitative estimate of drug-likeness (QED) is 0.630. The number of hydrogen-bond donors (Lipinski definition) is 1. The summed E-state index contributed by atoms with van der Waals surface area (Å²) >= 11 is 0. The molecule has 20 heavy (non-hydrogen) atoms. The fourth-order valence-corrected chi connectivity index (χ4v) is 2.28. The van der Waals surface area contributed by atoms with E-state index in [0.717, 1.165) is 25.8 Å². The molecule has 0 bridgehead atoms. The average Bonchev–Trinajstić information content (AvgIpc) is 2.48. The maximum absolute atomic E-state index is 11.9. The van der Waals surface area contributed by atoms with Crippen molar-refractivity contribution in [2.24, 2.45) is 5.92 Å². The molecule has 3 nitrogen and oxygen atoms in total. The molecule has 0 spiro atoms. The zero-order valence-electron chi connectivity index (χ0n) is 12.0. The van der Waals surface area contributed by atoms with E-state index in [4.69, 9.17) is 4.74 Å². The molecule has 3 heteroatoms. The number of ether oxygens (including phenoxy) is 1. The maximum atomic E-state index is 11.9. The summed E-state index contributed by atoms with van der Waals surface area (Å²) in [6.07, 6.45) is 7.16. The summed E-state index contributed by atoms with van der Waals surface area (Å²) in [6, 6.07) is 10.2. The van der Waals surface area contributed by atoms with Crippen molar-refractivity contribution in [2.75, 3.05) is 13.2 Å². The van der Waals surface area contributed by atoms with Crippen LogP contribution in [0.5, 0.6) is 0 Å². The van der Waals surface area contributed by atoms with Crippen molar-refractivity contribution in [3.63, 3.8) is 0 Å². The van der Waals surface area contributed by atoms with Crippen molar-refractivity contribution in [2.45, 2.75) is 32.2 Å². The molecule has 0 saturated carbocycles. The summed E-state index contributed by atoms with van der Waals surface area (Å²) in [5.41, 5.74) is 1.17. The lowest BCUT2D eigenvalue weighted by atomic mass is 10.1. The molecule has 1 heterocycles. The Morgan fingerprint density at radius 3 is 2.80 bits per heavy atom. The molecular weight excluding hydrogens is 250 g/mol. The minimum absolute atomic E-state index is 0.0675. The highest BCUT2D eigenvalue weighted by atomic mass is 16.5. The lowest BCUT2D eigenvalue weighted by Crippen LogP contribution is -2.29. The minimum Gasteiger partial charge on any atom is -0.463 e. The highest BCUT2D eigenvalue weighted by Crippen LogP contribution is 2.15. The molecule has 0 fully saturated rings. The molecule has 108 valence electrons. The molecule has 2 atom stereocenters. The van der Waals surface area contributed by atoms with Gasteiger partial charge in [0.1, 0.15) is 6.61 Å². The fourth-order valence-electron chi connectivity index (χ4n) is 2.28. The van der Waals surface area contributed by atoms with E-state index in [1.54, 1.807) is 0 Å². The standard InChI is InChI=1S/C17H23NO2/c1-14-9-5-2-3-8-12-18-16(13-20-17(14)19)15-10-6-4-7-11-15/h2,4-7,10-11,14,16,18H,3,8-9,12-13H2,1H3/t14-,16-/m0/s1. The van der Waals surface area contributed by atoms with Crippen molar-refractivity contribution in [3.8, 4) is 0 Å². The molecule has 1 aliphatic heterocycles. The van der Waals surface area contributed by atoms with Gasteiger partial charge in [-0.1, -0.05) is 49.4 Å². The highest BCUT2D eigenvalue weighted by molar-refractivity contribution is 5.72. The third-order valence-corrected chi connectivity index (χ3v) is 3.59. The van der Waals surface area contributed by atoms with Gasteiger partial charge in [0.05, 0.1) is 12.0 Å². The molecule has 0 saturated heterocycles. The number of rotatable bonds is 1. The first-order chi connectivity index (χ1) is 9.77. The zero-order valence-corrected chi connectivity index (χ0v) is 12.0. The van der Waals surface area contributed by atoms with Gasteiger partial charge in [-0.3, -0.25) is 4.79 Å². The monoisotopic (exact) mass is 273 g/mol. The second-order valence-electron chi connectivity index (χ2n) is 5.30. The molecule has 0 aromatic heterocycles. The Bertz CT molecular complexity index is 442. The van der Waals surface area contributed by atoms with Gasteiger partial charge in [-0.15, -0.1) is 0 Å². The molecule has 0 radical (unpaired) electrons. The van der Waals surface area contributed by atoms with Gasteiger partial charge in [0.25, 0.3) is 0 Å². The van der Waals surface area contributed by atoms with Gasteiger partial charge in [-0.2, -0.15) is 0 Å². The zero-order chi connectivity index (χ0) is 14.2. The largest absolute Gasteiger partial charge is 0.463 e. The summed E-state index contributed by atoms with van der Waals surface area (Å²) in [6.45, 7) is 3.25. The predicted molar refractivity (Wildman–Crippen MR) is 80.3 cm³/mol. The molecule has 2 rings (SSSR count). The predicted octanol–water partition coefficient (Wildman–Crippen LogP) is 3.24. The van der Waals surface area contributed by atoms with Crippen molar-refractivity contribution in [1.82, 2.24) is 5.32 Å². The van der Waals surface area contributed by atoms with Gasteiger partial charge in [-0.25, -0.2) is 0 Å². The Balaban J connectivity index is 2.04. The van der Waals surface area contributed by atoms with Crippen LogP contribution in [0.4, 0.5) is 0 Å². The first kappa shape index (κ1) is 14.8. The number of benzene rings is 1. The third-order valence-electron chi connectivity index (χ3n) is 3.59. The topological polar surface area (TPSA) is 38.3 Å². The summed E-state index contributed by atoms with van der Waals surface area (Å²) in [5, 5.41) is 3.48. The van der Waals surface area contributed by atoms with E-state index >= 15 is 0 Å². The van der Waals surface area contributed by atoms with Gasteiger partial charge >= 0.3 is 5.97 Å². The lowest BCUT2D eigenvalue weighted by molar-refractivity contribution is -0.148. The number of carbonyl (C=O) groups is 1. The summed E-state index contributed by atoms with van der Waals surface area (Å²) in [5.74, 6) is -0.181. The Hall–Kier alpha value is -1.61. The van der Waals surface area contributed by atoms with Crippen LogP contribution in [-0.2, 0) is 9.53 Å². The van der Waals surface area contributed by atoms with E-state index in [-0.39, 0.29) is 17.9 Å². The van der Waals surface area contributed by atoms with E-state index in [0.29, 0.717) is 6.61 Å². The smallest absolute Gasteiger partial charge is 0.309 e. The van der Waals surface area contributed by atoms with Gasteiger partial charge in [-0.05, 0) is 31.4 Å². The second-order valence-corrected chi connectivity index (χ2v) is 5.30. The van der Waals surface area contributed by atoms with E-state index in [2.05, 4.69) is 29.6 Å². The van der Waals surface area contributed by atoms with Gasteiger partial charge in [0, 0.05) is 0 Å². The van der Waals surface area contributed by atoms with Gasteiger partial charge in [0.2, 0.25) is 0 Å². The third kappa shape index (κ3) is 4.49. The van der Waals surface area contributed by atoms with Crippen molar-refractivity contribution in [1.29, 1.82) is 0 Å².